The maximum Gasteiger partial charge on any atom is 0.332 e. The zero-order chi connectivity index (χ0) is 15.6. The Kier molecular flexibility index (Phi) is 4.57. The molecule has 1 aliphatic rings. The van der Waals surface area contributed by atoms with Crippen molar-refractivity contribution < 1.29 is 23.8 Å². The molecule has 6 heteroatoms. The second kappa shape index (κ2) is 6.22. The van der Waals surface area contributed by atoms with E-state index in [1.165, 1.54) is 0 Å². The number of benzene rings is 1. The molecule has 1 amide bonds. The summed E-state index contributed by atoms with van der Waals surface area (Å²) in [5.74, 6) is -1.62. The van der Waals surface area contributed by atoms with Crippen LogP contribution in [0.2, 0.25) is 0 Å². The number of nitrogens with one attached hydrogen (secondary N) is 1. The number of halogens is 1. The Hall–Kier alpha value is -1.95. The molecule has 0 bridgehead atoms. The van der Waals surface area contributed by atoms with Crippen LogP contribution < -0.4 is 5.32 Å². The Balaban J connectivity index is 1.92. The number of ether oxygens (including phenoxy) is 1. The smallest absolute Gasteiger partial charge is 0.332 e. The van der Waals surface area contributed by atoms with E-state index in [1.807, 2.05) is 0 Å². The van der Waals surface area contributed by atoms with Crippen LogP contribution in [0.5, 0.6) is 0 Å². The van der Waals surface area contributed by atoms with E-state index in [1.54, 1.807) is 26.0 Å². The number of carboxylic acid groups (broad SMARTS) is 1. The lowest BCUT2D eigenvalue weighted by molar-refractivity contribution is -0.151. The lowest BCUT2D eigenvalue weighted by Crippen LogP contribution is -2.35. The molecule has 0 aromatic heterocycles. The minimum absolute atomic E-state index is 0.242. The molecular weight excluding hydrogens is 277 g/mol. The molecule has 1 saturated heterocycles. The Labute approximate surface area is 122 Å². The van der Waals surface area contributed by atoms with E-state index < -0.39 is 18.2 Å². The van der Waals surface area contributed by atoms with Crippen molar-refractivity contribution in [1.29, 1.82) is 0 Å². The fourth-order valence-electron chi connectivity index (χ4n) is 2.45. The maximum absolute atomic E-state index is 13.5. The first-order valence-electron chi connectivity index (χ1n) is 6.80. The van der Waals surface area contributed by atoms with Crippen molar-refractivity contribution in [1.82, 2.24) is 5.32 Å². The third-order valence-corrected chi connectivity index (χ3v) is 3.55. The molecule has 114 valence electrons. The monoisotopic (exact) mass is 295 g/mol. The molecule has 0 spiro atoms. The van der Waals surface area contributed by atoms with Crippen molar-refractivity contribution in [2.45, 2.75) is 45.4 Å². The van der Waals surface area contributed by atoms with E-state index in [-0.39, 0.29) is 18.3 Å². The lowest BCUT2D eigenvalue weighted by Gasteiger charge is -2.13. The molecule has 2 rings (SSSR count). The molecule has 1 fully saturated rings. The highest BCUT2D eigenvalue weighted by atomic mass is 19.1. The standard InChI is InChI=1S/C15H18FNO4/c1-8-5-10(6-9(2)13(8)16)7-17-14(18)11-3-4-12(21-11)15(19)20/h5-6,11-12H,3-4,7H2,1-2H3,(H,17,18)(H,19,20). The summed E-state index contributed by atoms with van der Waals surface area (Å²) < 4.78 is 18.7. The summed E-state index contributed by atoms with van der Waals surface area (Å²) in [5, 5.41) is 11.5. The van der Waals surface area contributed by atoms with E-state index in [9.17, 15) is 14.0 Å². The first-order chi connectivity index (χ1) is 9.88. The average Bonchev–Trinajstić information content (AvgIpc) is 2.92. The molecule has 0 radical (unpaired) electrons. The maximum atomic E-state index is 13.5. The number of carboxylic acids is 1. The van der Waals surface area contributed by atoms with Gasteiger partial charge in [0.1, 0.15) is 11.9 Å². The van der Waals surface area contributed by atoms with Crippen LogP contribution in [0, 0.1) is 19.7 Å². The van der Waals surface area contributed by atoms with Gasteiger partial charge in [-0.05, 0) is 43.4 Å². The van der Waals surface area contributed by atoms with Crippen LogP contribution >= 0.6 is 0 Å². The topological polar surface area (TPSA) is 75.6 Å². The SMILES string of the molecule is Cc1cc(CNC(=O)C2CCC(C(=O)O)O2)cc(C)c1F. The summed E-state index contributed by atoms with van der Waals surface area (Å²) in [5.41, 5.74) is 1.86. The Morgan fingerprint density at radius 3 is 2.38 bits per heavy atom. The van der Waals surface area contributed by atoms with Gasteiger partial charge in [0.15, 0.2) is 6.10 Å². The number of carbonyl (C=O) groups is 2. The molecule has 0 aliphatic carbocycles. The van der Waals surface area contributed by atoms with Gasteiger partial charge in [0, 0.05) is 6.54 Å². The normalized spacial score (nSPS) is 21.3. The lowest BCUT2D eigenvalue weighted by atomic mass is 10.1. The van der Waals surface area contributed by atoms with Crippen LogP contribution in [-0.4, -0.2) is 29.2 Å². The quantitative estimate of drug-likeness (QED) is 0.886. The van der Waals surface area contributed by atoms with Crippen LogP contribution in [0.4, 0.5) is 4.39 Å². The van der Waals surface area contributed by atoms with Gasteiger partial charge in [0.05, 0.1) is 0 Å². The highest BCUT2D eigenvalue weighted by Gasteiger charge is 2.34. The number of rotatable bonds is 4. The minimum Gasteiger partial charge on any atom is -0.479 e. The van der Waals surface area contributed by atoms with Crippen LogP contribution in [0.15, 0.2) is 12.1 Å². The van der Waals surface area contributed by atoms with Crippen molar-refractivity contribution in [2.24, 2.45) is 0 Å². The van der Waals surface area contributed by atoms with E-state index in [0.717, 1.165) is 5.56 Å². The molecule has 2 atom stereocenters. The van der Waals surface area contributed by atoms with Crippen LogP contribution in [0.1, 0.15) is 29.5 Å². The summed E-state index contributed by atoms with van der Waals surface area (Å²) in [6.07, 6.45) is -0.906. The second-order valence-corrected chi connectivity index (χ2v) is 5.29. The van der Waals surface area contributed by atoms with Crippen molar-refractivity contribution in [3.63, 3.8) is 0 Å². The van der Waals surface area contributed by atoms with Crippen LogP contribution in [0.25, 0.3) is 0 Å². The third-order valence-electron chi connectivity index (χ3n) is 3.55. The molecule has 2 N–H and O–H groups in total. The Morgan fingerprint density at radius 1 is 1.29 bits per heavy atom. The minimum atomic E-state index is -1.05. The molecule has 1 aromatic carbocycles. The van der Waals surface area contributed by atoms with Crippen LogP contribution in [-0.2, 0) is 20.9 Å². The van der Waals surface area contributed by atoms with Gasteiger partial charge in [-0.2, -0.15) is 0 Å². The van der Waals surface area contributed by atoms with E-state index in [2.05, 4.69) is 5.32 Å². The molecule has 1 aromatic rings. The zero-order valence-electron chi connectivity index (χ0n) is 12.0. The highest BCUT2D eigenvalue weighted by molar-refractivity contribution is 5.82. The van der Waals surface area contributed by atoms with Gasteiger partial charge in [-0.3, -0.25) is 4.79 Å². The van der Waals surface area contributed by atoms with E-state index in [4.69, 9.17) is 9.84 Å². The fraction of sp³-hybridized carbons (Fsp3) is 0.467. The van der Waals surface area contributed by atoms with Gasteiger partial charge in [-0.1, -0.05) is 12.1 Å². The molecule has 21 heavy (non-hydrogen) atoms. The van der Waals surface area contributed by atoms with Crippen molar-refractivity contribution in [3.8, 4) is 0 Å². The number of aryl methyl sites for hydroxylation is 2. The third kappa shape index (κ3) is 3.58. The van der Waals surface area contributed by atoms with Crippen molar-refractivity contribution >= 4 is 11.9 Å². The first-order valence-corrected chi connectivity index (χ1v) is 6.80. The molecule has 1 aliphatic heterocycles. The van der Waals surface area contributed by atoms with Gasteiger partial charge in [-0.15, -0.1) is 0 Å². The van der Waals surface area contributed by atoms with Gasteiger partial charge >= 0.3 is 5.97 Å². The summed E-state index contributed by atoms with van der Waals surface area (Å²) in [6.45, 7) is 3.61. The zero-order valence-corrected chi connectivity index (χ0v) is 12.0. The van der Waals surface area contributed by atoms with Crippen molar-refractivity contribution in [3.05, 3.63) is 34.6 Å². The van der Waals surface area contributed by atoms with Gasteiger partial charge in [-0.25, -0.2) is 9.18 Å². The first kappa shape index (κ1) is 15.4. The number of hydrogen-bond acceptors (Lipinski definition) is 3. The molecular formula is C15H18FNO4. The fourth-order valence-corrected chi connectivity index (χ4v) is 2.45. The number of aliphatic carboxylic acids is 1. The highest BCUT2D eigenvalue weighted by Crippen LogP contribution is 2.20. The largest absolute Gasteiger partial charge is 0.479 e. The number of amides is 1. The number of hydrogen-bond donors (Lipinski definition) is 2. The van der Waals surface area contributed by atoms with Gasteiger partial charge in [0.25, 0.3) is 0 Å². The Bertz CT molecular complexity index is 550. The van der Waals surface area contributed by atoms with Gasteiger partial charge in [0.2, 0.25) is 5.91 Å². The average molecular weight is 295 g/mol. The second-order valence-electron chi connectivity index (χ2n) is 5.29. The predicted molar refractivity (Wildman–Crippen MR) is 73.3 cm³/mol. The number of carbonyl (C=O) groups excluding carboxylic acids is 1. The molecule has 5 nitrogen and oxygen atoms in total. The van der Waals surface area contributed by atoms with E-state index >= 15 is 0 Å². The Morgan fingerprint density at radius 2 is 1.86 bits per heavy atom. The summed E-state index contributed by atoms with van der Waals surface area (Å²) in [6, 6.07) is 3.36. The molecule has 0 saturated carbocycles. The molecule has 1 heterocycles. The van der Waals surface area contributed by atoms with Crippen molar-refractivity contribution in [2.75, 3.05) is 0 Å². The van der Waals surface area contributed by atoms with E-state index in [0.29, 0.717) is 24.0 Å². The predicted octanol–water partition coefficient (Wildman–Crippen LogP) is 1.69. The van der Waals surface area contributed by atoms with Gasteiger partial charge < -0.3 is 15.2 Å². The summed E-state index contributed by atoms with van der Waals surface area (Å²) in [4.78, 5) is 22.7. The summed E-state index contributed by atoms with van der Waals surface area (Å²) >= 11 is 0. The molecule has 2 unspecified atom stereocenters. The summed E-state index contributed by atoms with van der Waals surface area (Å²) in [7, 11) is 0. The van der Waals surface area contributed by atoms with Crippen LogP contribution in [0.3, 0.4) is 0 Å².